The second kappa shape index (κ2) is 6.97. The van der Waals surface area contributed by atoms with E-state index in [2.05, 4.69) is 10.1 Å². The molecule has 0 saturated carbocycles. The molecule has 0 aliphatic heterocycles. The molecule has 108 valence electrons. The molecular weight excluding hydrogens is 263 g/mol. The first-order valence-corrected chi connectivity index (χ1v) is 6.26. The van der Waals surface area contributed by atoms with Gasteiger partial charge in [0.05, 0.1) is 13.1 Å². The molecule has 0 amide bonds. The van der Waals surface area contributed by atoms with Crippen LogP contribution in [0.25, 0.3) is 0 Å². The summed E-state index contributed by atoms with van der Waals surface area (Å²) >= 11 is 0. The van der Waals surface area contributed by atoms with Crippen LogP contribution in [0.5, 0.6) is 5.75 Å². The SMILES string of the molecule is CN(CCOc1ccccc1F)Cc1noc(CN)n1. The summed E-state index contributed by atoms with van der Waals surface area (Å²) in [6.07, 6.45) is 0. The van der Waals surface area contributed by atoms with E-state index in [4.69, 9.17) is 15.0 Å². The lowest BCUT2D eigenvalue weighted by atomic mass is 10.3. The van der Waals surface area contributed by atoms with Crippen molar-refractivity contribution in [2.45, 2.75) is 13.1 Å². The van der Waals surface area contributed by atoms with Gasteiger partial charge in [0.25, 0.3) is 0 Å². The van der Waals surface area contributed by atoms with Gasteiger partial charge in [-0.05, 0) is 19.2 Å². The average molecular weight is 280 g/mol. The lowest BCUT2D eigenvalue weighted by molar-refractivity contribution is 0.222. The van der Waals surface area contributed by atoms with Gasteiger partial charge in [0.2, 0.25) is 5.89 Å². The van der Waals surface area contributed by atoms with E-state index in [0.29, 0.717) is 31.4 Å². The van der Waals surface area contributed by atoms with Gasteiger partial charge in [0, 0.05) is 6.54 Å². The van der Waals surface area contributed by atoms with E-state index in [9.17, 15) is 4.39 Å². The number of benzene rings is 1. The van der Waals surface area contributed by atoms with Gasteiger partial charge in [-0.3, -0.25) is 4.90 Å². The minimum atomic E-state index is -0.360. The first-order valence-electron chi connectivity index (χ1n) is 6.26. The highest BCUT2D eigenvalue weighted by molar-refractivity contribution is 5.23. The standard InChI is InChI=1S/C13H17FN4O2/c1-18(9-12-16-13(8-15)20-17-12)6-7-19-11-5-3-2-4-10(11)14/h2-5H,6-9,15H2,1H3. The Morgan fingerprint density at radius 1 is 1.40 bits per heavy atom. The molecule has 0 unspecified atom stereocenters. The Kier molecular flexibility index (Phi) is 5.03. The van der Waals surface area contributed by atoms with Gasteiger partial charge in [-0.1, -0.05) is 17.3 Å². The maximum Gasteiger partial charge on any atom is 0.240 e. The van der Waals surface area contributed by atoms with Gasteiger partial charge >= 0.3 is 0 Å². The minimum absolute atomic E-state index is 0.229. The predicted octanol–water partition coefficient (Wildman–Crippen LogP) is 1.18. The Balaban J connectivity index is 1.75. The van der Waals surface area contributed by atoms with Crippen molar-refractivity contribution in [1.82, 2.24) is 15.0 Å². The zero-order valence-corrected chi connectivity index (χ0v) is 11.3. The van der Waals surface area contributed by atoms with E-state index in [0.717, 1.165) is 0 Å². The van der Waals surface area contributed by atoms with Crippen LogP contribution in [0, 0.1) is 5.82 Å². The van der Waals surface area contributed by atoms with Crippen molar-refractivity contribution in [1.29, 1.82) is 0 Å². The Labute approximate surface area is 116 Å². The number of aromatic nitrogens is 2. The molecule has 0 fully saturated rings. The lowest BCUT2D eigenvalue weighted by Crippen LogP contribution is -2.24. The quantitative estimate of drug-likeness (QED) is 0.820. The van der Waals surface area contributed by atoms with Crippen LogP contribution in [-0.2, 0) is 13.1 Å². The topological polar surface area (TPSA) is 77.4 Å². The number of likely N-dealkylation sites (N-methyl/N-ethyl adjacent to an activating group) is 1. The highest BCUT2D eigenvalue weighted by atomic mass is 19.1. The van der Waals surface area contributed by atoms with Crippen molar-refractivity contribution < 1.29 is 13.7 Å². The van der Waals surface area contributed by atoms with Crippen molar-refractivity contribution >= 4 is 0 Å². The molecule has 0 bridgehead atoms. The molecule has 1 heterocycles. The van der Waals surface area contributed by atoms with E-state index in [1.807, 2.05) is 11.9 Å². The van der Waals surface area contributed by atoms with Crippen molar-refractivity contribution in [2.24, 2.45) is 5.73 Å². The van der Waals surface area contributed by atoms with Crippen molar-refractivity contribution in [3.05, 3.63) is 41.8 Å². The number of nitrogens with two attached hydrogens (primary N) is 1. The largest absolute Gasteiger partial charge is 0.489 e. The van der Waals surface area contributed by atoms with Gasteiger partial charge < -0.3 is 15.0 Å². The molecule has 0 atom stereocenters. The number of ether oxygens (including phenoxy) is 1. The molecular formula is C13H17FN4O2. The van der Waals surface area contributed by atoms with E-state index in [-0.39, 0.29) is 18.1 Å². The monoisotopic (exact) mass is 280 g/mol. The van der Waals surface area contributed by atoms with Crippen LogP contribution in [0.15, 0.2) is 28.8 Å². The molecule has 2 N–H and O–H groups in total. The zero-order valence-electron chi connectivity index (χ0n) is 11.3. The number of hydrogen-bond acceptors (Lipinski definition) is 6. The first-order chi connectivity index (χ1) is 9.69. The summed E-state index contributed by atoms with van der Waals surface area (Å²) in [4.78, 5) is 6.05. The second-order valence-electron chi connectivity index (χ2n) is 4.33. The molecule has 0 saturated heterocycles. The van der Waals surface area contributed by atoms with Crippen LogP contribution in [0.1, 0.15) is 11.7 Å². The van der Waals surface area contributed by atoms with E-state index >= 15 is 0 Å². The van der Waals surface area contributed by atoms with Crippen molar-refractivity contribution in [3.63, 3.8) is 0 Å². The van der Waals surface area contributed by atoms with E-state index < -0.39 is 0 Å². The molecule has 0 spiro atoms. The van der Waals surface area contributed by atoms with E-state index in [1.54, 1.807) is 18.2 Å². The minimum Gasteiger partial charge on any atom is -0.489 e. The van der Waals surface area contributed by atoms with Crippen LogP contribution in [0.3, 0.4) is 0 Å². The summed E-state index contributed by atoms with van der Waals surface area (Å²) in [6.45, 7) is 1.73. The van der Waals surface area contributed by atoms with Gasteiger partial charge in [-0.15, -0.1) is 0 Å². The van der Waals surface area contributed by atoms with Crippen LogP contribution in [0.2, 0.25) is 0 Å². The van der Waals surface area contributed by atoms with Gasteiger partial charge in [-0.25, -0.2) is 4.39 Å². The fourth-order valence-corrected chi connectivity index (χ4v) is 1.63. The Morgan fingerprint density at radius 3 is 2.90 bits per heavy atom. The number of hydrogen-bond donors (Lipinski definition) is 1. The highest BCUT2D eigenvalue weighted by Crippen LogP contribution is 2.15. The summed E-state index contributed by atoms with van der Waals surface area (Å²) < 4.78 is 23.6. The Bertz CT molecular complexity index is 547. The van der Waals surface area contributed by atoms with Gasteiger partial charge in [0.15, 0.2) is 17.4 Å². The maximum atomic E-state index is 13.3. The molecule has 2 aromatic rings. The third-order valence-electron chi connectivity index (χ3n) is 2.66. The molecule has 0 aliphatic carbocycles. The first kappa shape index (κ1) is 14.4. The summed E-state index contributed by atoms with van der Waals surface area (Å²) in [7, 11) is 1.89. The molecule has 0 radical (unpaired) electrons. The summed E-state index contributed by atoms with van der Waals surface area (Å²) in [5.41, 5.74) is 5.39. The van der Waals surface area contributed by atoms with Crippen LogP contribution >= 0.6 is 0 Å². The number of rotatable bonds is 7. The third-order valence-corrected chi connectivity index (χ3v) is 2.66. The maximum absolute atomic E-state index is 13.3. The van der Waals surface area contributed by atoms with E-state index in [1.165, 1.54) is 6.07 Å². The average Bonchev–Trinajstić information content (AvgIpc) is 2.88. The number of halogens is 1. The fraction of sp³-hybridized carbons (Fsp3) is 0.385. The highest BCUT2D eigenvalue weighted by Gasteiger charge is 2.08. The molecule has 20 heavy (non-hydrogen) atoms. The summed E-state index contributed by atoms with van der Waals surface area (Å²) in [6, 6.07) is 6.32. The number of para-hydroxylation sites is 1. The Hall–Kier alpha value is -1.99. The third kappa shape index (κ3) is 4.01. The molecule has 2 rings (SSSR count). The second-order valence-corrected chi connectivity index (χ2v) is 4.33. The molecule has 0 aliphatic rings. The van der Waals surface area contributed by atoms with Crippen molar-refractivity contribution in [2.75, 3.05) is 20.2 Å². The summed E-state index contributed by atoms with van der Waals surface area (Å²) in [5, 5.41) is 3.80. The molecule has 1 aromatic heterocycles. The number of nitrogens with zero attached hydrogens (tertiary/aromatic N) is 3. The predicted molar refractivity (Wildman–Crippen MR) is 70.4 cm³/mol. The van der Waals surface area contributed by atoms with Crippen molar-refractivity contribution in [3.8, 4) is 5.75 Å². The van der Waals surface area contributed by atoms with Gasteiger partial charge in [0.1, 0.15) is 6.61 Å². The molecule has 7 heteroatoms. The lowest BCUT2D eigenvalue weighted by Gasteiger charge is -2.15. The van der Waals surface area contributed by atoms with Crippen LogP contribution in [0.4, 0.5) is 4.39 Å². The van der Waals surface area contributed by atoms with Crippen LogP contribution < -0.4 is 10.5 Å². The van der Waals surface area contributed by atoms with Crippen LogP contribution in [-0.4, -0.2) is 35.2 Å². The fourth-order valence-electron chi connectivity index (χ4n) is 1.63. The molecule has 6 nitrogen and oxygen atoms in total. The normalized spacial score (nSPS) is 11.0. The molecule has 1 aromatic carbocycles. The summed E-state index contributed by atoms with van der Waals surface area (Å²) in [5.74, 6) is 0.877. The smallest absolute Gasteiger partial charge is 0.240 e. The Morgan fingerprint density at radius 2 is 2.20 bits per heavy atom. The zero-order chi connectivity index (χ0) is 14.4. The van der Waals surface area contributed by atoms with Gasteiger partial charge in [-0.2, -0.15) is 4.98 Å².